The molecule has 2 heterocycles. The van der Waals surface area contributed by atoms with Gasteiger partial charge >= 0.3 is 5.97 Å². The molecule has 0 aliphatic rings. The number of carbonyl (C=O) groups is 1. The van der Waals surface area contributed by atoms with Crippen LogP contribution in [0.25, 0.3) is 5.82 Å². The van der Waals surface area contributed by atoms with Gasteiger partial charge in [0.05, 0.1) is 0 Å². The zero-order valence-corrected chi connectivity index (χ0v) is 9.72. The molecular weight excluding hydrogens is 244 g/mol. The Morgan fingerprint density at radius 2 is 2.29 bits per heavy atom. The Balaban J connectivity index is 2.44. The molecule has 2 aromatic heterocycles. The molecule has 1 N–H and O–H groups in total. The molecule has 0 amide bonds. The van der Waals surface area contributed by atoms with Crippen molar-refractivity contribution in [2.24, 2.45) is 0 Å². The van der Waals surface area contributed by atoms with Crippen molar-refractivity contribution in [3.05, 3.63) is 35.3 Å². The summed E-state index contributed by atoms with van der Waals surface area (Å²) in [6, 6.07) is 1.74. The van der Waals surface area contributed by atoms with E-state index >= 15 is 0 Å². The lowest BCUT2D eigenvalue weighted by Gasteiger charge is -2.03. The number of carboxylic acid groups (broad SMARTS) is 1. The van der Waals surface area contributed by atoms with E-state index in [1.165, 1.54) is 17.1 Å². The third kappa shape index (κ3) is 2.42. The molecule has 88 valence electrons. The van der Waals surface area contributed by atoms with E-state index in [2.05, 4.69) is 15.0 Å². The van der Waals surface area contributed by atoms with Crippen LogP contribution in [0.2, 0.25) is 5.28 Å². The molecule has 0 saturated carbocycles. The summed E-state index contributed by atoms with van der Waals surface area (Å²) in [4.78, 5) is 22.5. The molecule has 2 rings (SSSR count). The van der Waals surface area contributed by atoms with Crippen molar-refractivity contribution in [3.63, 3.8) is 0 Å². The van der Waals surface area contributed by atoms with E-state index in [9.17, 15) is 4.79 Å². The second-order valence-corrected chi connectivity index (χ2v) is 3.65. The Labute approximate surface area is 102 Å². The van der Waals surface area contributed by atoms with Gasteiger partial charge < -0.3 is 5.11 Å². The Bertz CT molecular complexity index is 567. The van der Waals surface area contributed by atoms with Gasteiger partial charge in [-0.15, -0.1) is 0 Å². The van der Waals surface area contributed by atoms with E-state index in [-0.39, 0.29) is 11.0 Å². The SMILES string of the molecule is CCc1cc(-n2cnc(C(=O)O)c2)nc(Cl)n1. The first-order valence-electron chi connectivity index (χ1n) is 4.91. The van der Waals surface area contributed by atoms with E-state index < -0.39 is 5.97 Å². The predicted molar refractivity (Wildman–Crippen MR) is 60.5 cm³/mol. The Hall–Kier alpha value is -1.95. The molecule has 6 nitrogen and oxygen atoms in total. The Kier molecular flexibility index (Phi) is 3.06. The number of nitrogens with zero attached hydrogens (tertiary/aromatic N) is 4. The van der Waals surface area contributed by atoms with Crippen LogP contribution < -0.4 is 0 Å². The van der Waals surface area contributed by atoms with Gasteiger partial charge in [0.25, 0.3) is 0 Å². The molecule has 0 aliphatic carbocycles. The number of aromatic nitrogens is 4. The van der Waals surface area contributed by atoms with Crippen molar-refractivity contribution in [2.45, 2.75) is 13.3 Å². The third-order valence-electron chi connectivity index (χ3n) is 2.17. The smallest absolute Gasteiger partial charge is 0.356 e. The normalized spacial score (nSPS) is 10.5. The van der Waals surface area contributed by atoms with Crippen molar-refractivity contribution in [2.75, 3.05) is 0 Å². The van der Waals surface area contributed by atoms with E-state index in [1.54, 1.807) is 6.07 Å². The molecule has 0 spiro atoms. The van der Waals surface area contributed by atoms with Gasteiger partial charge in [-0.2, -0.15) is 4.98 Å². The number of rotatable bonds is 3. The predicted octanol–water partition coefficient (Wildman–Crippen LogP) is 1.58. The fraction of sp³-hybridized carbons (Fsp3) is 0.200. The van der Waals surface area contributed by atoms with Crippen LogP contribution in [-0.4, -0.2) is 30.6 Å². The van der Waals surface area contributed by atoms with Crippen molar-refractivity contribution in [3.8, 4) is 5.82 Å². The van der Waals surface area contributed by atoms with Gasteiger partial charge in [0.2, 0.25) is 5.28 Å². The van der Waals surface area contributed by atoms with Gasteiger partial charge in [0, 0.05) is 18.0 Å². The van der Waals surface area contributed by atoms with Crippen LogP contribution in [0.15, 0.2) is 18.6 Å². The minimum Gasteiger partial charge on any atom is -0.476 e. The summed E-state index contributed by atoms with van der Waals surface area (Å²) in [5, 5.41) is 8.90. The molecule has 0 radical (unpaired) electrons. The Morgan fingerprint density at radius 3 is 2.88 bits per heavy atom. The summed E-state index contributed by atoms with van der Waals surface area (Å²) in [6.07, 6.45) is 3.47. The maximum absolute atomic E-state index is 10.7. The van der Waals surface area contributed by atoms with Gasteiger partial charge in [-0.1, -0.05) is 6.92 Å². The number of halogens is 1. The van der Waals surface area contributed by atoms with Gasteiger partial charge in [0.15, 0.2) is 5.69 Å². The van der Waals surface area contributed by atoms with Crippen LogP contribution in [0, 0.1) is 0 Å². The van der Waals surface area contributed by atoms with Crippen LogP contribution in [0.1, 0.15) is 23.1 Å². The maximum atomic E-state index is 10.7. The van der Waals surface area contributed by atoms with Crippen LogP contribution in [-0.2, 0) is 6.42 Å². The van der Waals surface area contributed by atoms with Crippen LogP contribution in [0.5, 0.6) is 0 Å². The average molecular weight is 253 g/mol. The van der Waals surface area contributed by atoms with Crippen LogP contribution in [0.4, 0.5) is 0 Å². The first-order valence-corrected chi connectivity index (χ1v) is 5.29. The van der Waals surface area contributed by atoms with Crippen molar-refractivity contribution >= 4 is 17.6 Å². The van der Waals surface area contributed by atoms with E-state index in [1.807, 2.05) is 6.92 Å². The first kappa shape index (κ1) is 11.5. The zero-order valence-electron chi connectivity index (χ0n) is 8.96. The molecular formula is C10H9ClN4O2. The highest BCUT2D eigenvalue weighted by atomic mass is 35.5. The highest BCUT2D eigenvalue weighted by molar-refractivity contribution is 6.28. The van der Waals surface area contributed by atoms with E-state index in [0.717, 1.165) is 12.1 Å². The zero-order chi connectivity index (χ0) is 12.4. The van der Waals surface area contributed by atoms with Gasteiger partial charge in [-0.25, -0.2) is 14.8 Å². The van der Waals surface area contributed by atoms with Gasteiger partial charge in [-0.3, -0.25) is 4.57 Å². The summed E-state index contributed by atoms with van der Waals surface area (Å²) < 4.78 is 1.50. The van der Waals surface area contributed by atoms with Crippen LogP contribution in [0.3, 0.4) is 0 Å². The lowest BCUT2D eigenvalue weighted by atomic mass is 10.3. The standard InChI is InChI=1S/C10H9ClN4O2/c1-2-6-3-8(14-10(11)13-6)15-4-7(9(16)17)12-5-15/h3-5H,2H2,1H3,(H,16,17). The second kappa shape index (κ2) is 4.50. The van der Waals surface area contributed by atoms with Gasteiger partial charge in [-0.05, 0) is 18.0 Å². The quantitative estimate of drug-likeness (QED) is 0.839. The molecule has 0 aliphatic heterocycles. The molecule has 2 aromatic rings. The van der Waals surface area contributed by atoms with Crippen LogP contribution >= 0.6 is 11.6 Å². The number of imidazole rings is 1. The summed E-state index contributed by atoms with van der Waals surface area (Å²) in [7, 11) is 0. The molecule has 0 unspecified atom stereocenters. The lowest BCUT2D eigenvalue weighted by molar-refractivity contribution is 0.0691. The van der Waals surface area contributed by atoms with Crippen molar-refractivity contribution in [1.82, 2.24) is 19.5 Å². The van der Waals surface area contributed by atoms with Crippen molar-refractivity contribution < 1.29 is 9.90 Å². The highest BCUT2D eigenvalue weighted by Crippen LogP contribution is 2.11. The fourth-order valence-electron chi connectivity index (χ4n) is 1.32. The molecule has 0 saturated heterocycles. The molecule has 0 bridgehead atoms. The van der Waals surface area contributed by atoms with Crippen molar-refractivity contribution in [1.29, 1.82) is 0 Å². The summed E-state index contributed by atoms with van der Waals surface area (Å²) in [5.74, 6) is -0.582. The highest BCUT2D eigenvalue weighted by Gasteiger charge is 2.09. The number of aryl methyl sites for hydroxylation is 1. The summed E-state index contributed by atoms with van der Waals surface area (Å²) >= 11 is 5.78. The minimum absolute atomic E-state index is 0.0437. The first-order chi connectivity index (χ1) is 8.10. The number of aromatic carboxylic acids is 1. The molecule has 0 aromatic carbocycles. The number of carboxylic acids is 1. The average Bonchev–Trinajstić information content (AvgIpc) is 2.77. The summed E-state index contributed by atoms with van der Waals surface area (Å²) in [5.41, 5.74) is 0.739. The molecule has 0 atom stereocenters. The van der Waals surface area contributed by atoms with Gasteiger partial charge in [0.1, 0.15) is 12.1 Å². The summed E-state index contributed by atoms with van der Waals surface area (Å²) in [6.45, 7) is 1.94. The van der Waals surface area contributed by atoms with E-state index in [4.69, 9.17) is 16.7 Å². The third-order valence-corrected chi connectivity index (χ3v) is 2.34. The lowest BCUT2D eigenvalue weighted by Crippen LogP contribution is -2.00. The Morgan fingerprint density at radius 1 is 1.53 bits per heavy atom. The van der Waals surface area contributed by atoms with E-state index in [0.29, 0.717) is 5.82 Å². The largest absolute Gasteiger partial charge is 0.476 e. The molecule has 17 heavy (non-hydrogen) atoms. The fourth-order valence-corrected chi connectivity index (χ4v) is 1.52. The monoisotopic (exact) mass is 252 g/mol. The number of hydrogen-bond acceptors (Lipinski definition) is 4. The minimum atomic E-state index is -1.08. The molecule has 0 fully saturated rings. The maximum Gasteiger partial charge on any atom is 0.356 e. The number of hydrogen-bond donors (Lipinski definition) is 1. The second-order valence-electron chi connectivity index (χ2n) is 3.31. The molecule has 7 heteroatoms. The topological polar surface area (TPSA) is 80.9 Å².